The summed E-state index contributed by atoms with van der Waals surface area (Å²) in [5, 5.41) is 0. The van der Waals surface area contributed by atoms with E-state index in [1.165, 1.54) is 4.90 Å². The number of ether oxygens (including phenoxy) is 2. The van der Waals surface area contributed by atoms with Crippen LogP contribution in [0.4, 0.5) is 13.6 Å². The molecule has 2 unspecified atom stereocenters. The van der Waals surface area contributed by atoms with E-state index >= 15 is 0 Å². The Hall–Kier alpha value is -1.34. The van der Waals surface area contributed by atoms with E-state index in [9.17, 15) is 13.6 Å². The van der Waals surface area contributed by atoms with Crippen molar-refractivity contribution in [2.24, 2.45) is 0 Å². The number of rotatable bonds is 4. The van der Waals surface area contributed by atoms with Crippen LogP contribution in [0, 0.1) is 0 Å². The molecule has 1 amide bonds. The van der Waals surface area contributed by atoms with Gasteiger partial charge in [-0.25, -0.2) is 13.6 Å². The van der Waals surface area contributed by atoms with Gasteiger partial charge in [-0.3, -0.25) is 4.90 Å². The monoisotopic (exact) mass is 373 g/mol. The number of hydrogen-bond acceptors (Lipinski definition) is 4. The number of carbonyl (C=O) groups is 1. The molecule has 1 aliphatic rings. The molecule has 140 valence electrons. The van der Waals surface area contributed by atoms with Crippen LogP contribution in [0.15, 0.2) is 29.2 Å². The third kappa shape index (κ3) is 4.64. The Morgan fingerprint density at radius 2 is 1.88 bits per heavy atom. The zero-order valence-corrected chi connectivity index (χ0v) is 16.0. The van der Waals surface area contributed by atoms with Crippen molar-refractivity contribution in [3.8, 4) is 0 Å². The molecule has 0 aliphatic carbocycles. The van der Waals surface area contributed by atoms with Gasteiger partial charge >= 0.3 is 6.09 Å². The van der Waals surface area contributed by atoms with Crippen LogP contribution in [0.25, 0.3) is 0 Å². The minimum Gasteiger partial charge on any atom is -0.444 e. The number of thioether (sulfide) groups is 1. The van der Waals surface area contributed by atoms with Gasteiger partial charge in [-0.05, 0) is 52.3 Å². The molecule has 0 radical (unpaired) electrons. The SMILES string of the molecule is CC(C)(C)OC(=O)N1C(CF)C(c2ccc(SCF)cc2)OC1(C)C. The lowest BCUT2D eigenvalue weighted by atomic mass is 10.0. The average Bonchev–Trinajstić information content (AvgIpc) is 2.77. The van der Waals surface area contributed by atoms with Crippen molar-refractivity contribution in [2.75, 3.05) is 12.7 Å². The maximum atomic E-state index is 13.8. The van der Waals surface area contributed by atoms with Gasteiger partial charge in [-0.15, -0.1) is 0 Å². The van der Waals surface area contributed by atoms with Crippen molar-refractivity contribution >= 4 is 17.9 Å². The highest BCUT2D eigenvalue weighted by Gasteiger charge is 2.51. The molecular formula is C18H25F2NO3S. The molecule has 1 fully saturated rings. The molecule has 0 N–H and O–H groups in total. The topological polar surface area (TPSA) is 38.8 Å². The minimum atomic E-state index is -1.00. The predicted molar refractivity (Wildman–Crippen MR) is 94.0 cm³/mol. The first-order chi connectivity index (χ1) is 11.6. The van der Waals surface area contributed by atoms with E-state index in [1.54, 1.807) is 58.9 Å². The summed E-state index contributed by atoms with van der Waals surface area (Å²) in [7, 11) is 0. The summed E-state index contributed by atoms with van der Waals surface area (Å²) in [6.45, 7) is 7.96. The van der Waals surface area contributed by atoms with E-state index in [1.807, 2.05) is 0 Å². The molecule has 4 nitrogen and oxygen atoms in total. The van der Waals surface area contributed by atoms with E-state index in [0.717, 1.165) is 22.2 Å². The Morgan fingerprint density at radius 3 is 2.36 bits per heavy atom. The second-order valence-electron chi connectivity index (χ2n) is 7.38. The molecule has 1 saturated heterocycles. The highest BCUT2D eigenvalue weighted by molar-refractivity contribution is 7.99. The smallest absolute Gasteiger partial charge is 0.413 e. The van der Waals surface area contributed by atoms with Gasteiger partial charge in [0.2, 0.25) is 0 Å². The van der Waals surface area contributed by atoms with Gasteiger partial charge < -0.3 is 9.47 Å². The van der Waals surface area contributed by atoms with Gasteiger partial charge in [0.25, 0.3) is 0 Å². The zero-order valence-electron chi connectivity index (χ0n) is 15.2. The standard InChI is InChI=1S/C18H25F2NO3S/c1-17(2,3)24-16(22)21-14(10-19)15(23-18(21,4)5)12-6-8-13(9-7-12)25-11-20/h6-9,14-15H,10-11H2,1-5H3. The Morgan fingerprint density at radius 1 is 1.28 bits per heavy atom. The van der Waals surface area contributed by atoms with Crippen LogP contribution >= 0.6 is 11.8 Å². The second kappa shape index (κ2) is 7.50. The molecule has 2 rings (SSSR count). The van der Waals surface area contributed by atoms with Crippen molar-refractivity contribution in [1.82, 2.24) is 4.90 Å². The number of benzene rings is 1. The van der Waals surface area contributed by atoms with Crippen molar-refractivity contribution < 1.29 is 23.0 Å². The normalized spacial score (nSPS) is 22.9. The third-order valence-electron chi connectivity index (χ3n) is 3.85. The Bertz CT molecular complexity index is 601. The van der Waals surface area contributed by atoms with Crippen LogP contribution in [-0.4, -0.2) is 41.0 Å². The Labute approximate surface area is 151 Å². The summed E-state index contributed by atoms with van der Waals surface area (Å²) in [5.41, 5.74) is -0.946. The molecule has 1 aliphatic heterocycles. The minimum absolute atomic E-state index is 0.508. The molecule has 0 spiro atoms. The van der Waals surface area contributed by atoms with E-state index in [-0.39, 0.29) is 0 Å². The van der Waals surface area contributed by atoms with E-state index in [0.29, 0.717) is 0 Å². The second-order valence-corrected chi connectivity index (χ2v) is 8.36. The van der Waals surface area contributed by atoms with Crippen molar-refractivity contribution in [1.29, 1.82) is 0 Å². The van der Waals surface area contributed by atoms with Crippen LogP contribution < -0.4 is 0 Å². The molecule has 0 aromatic heterocycles. The Balaban J connectivity index is 2.27. The number of carbonyl (C=O) groups excluding carboxylic acids is 1. The first kappa shape index (κ1) is 20.0. The molecule has 2 atom stereocenters. The molecule has 7 heteroatoms. The van der Waals surface area contributed by atoms with Gasteiger partial charge in [-0.2, -0.15) is 0 Å². The lowest BCUT2D eigenvalue weighted by Crippen LogP contribution is -2.50. The van der Waals surface area contributed by atoms with Crippen LogP contribution in [0.3, 0.4) is 0 Å². The fourth-order valence-electron chi connectivity index (χ4n) is 2.90. The van der Waals surface area contributed by atoms with Crippen LogP contribution in [-0.2, 0) is 9.47 Å². The quantitative estimate of drug-likeness (QED) is 0.689. The van der Waals surface area contributed by atoms with Crippen molar-refractivity contribution in [2.45, 2.75) is 63.0 Å². The highest BCUT2D eigenvalue weighted by Crippen LogP contribution is 2.42. The fraction of sp³-hybridized carbons (Fsp3) is 0.611. The summed E-state index contributed by atoms with van der Waals surface area (Å²) < 4.78 is 37.7. The summed E-state index contributed by atoms with van der Waals surface area (Å²) in [4.78, 5) is 14.7. The number of hydrogen-bond donors (Lipinski definition) is 0. The molecular weight excluding hydrogens is 348 g/mol. The van der Waals surface area contributed by atoms with Crippen LogP contribution in [0.5, 0.6) is 0 Å². The average molecular weight is 373 g/mol. The Kier molecular flexibility index (Phi) is 5.99. The summed E-state index contributed by atoms with van der Waals surface area (Å²) in [5.74, 6) is 0. The number of halogens is 2. The first-order valence-corrected chi connectivity index (χ1v) is 9.12. The number of alkyl halides is 2. The predicted octanol–water partition coefficient (Wildman–Crippen LogP) is 5.09. The molecule has 0 bridgehead atoms. The van der Waals surface area contributed by atoms with Crippen LogP contribution in [0.2, 0.25) is 0 Å². The zero-order chi connectivity index (χ0) is 18.8. The number of nitrogens with zero attached hydrogens (tertiary/aromatic N) is 1. The fourth-order valence-corrected chi connectivity index (χ4v) is 3.36. The van der Waals surface area contributed by atoms with E-state index in [2.05, 4.69) is 0 Å². The largest absolute Gasteiger partial charge is 0.444 e. The molecule has 0 saturated carbocycles. The lowest BCUT2D eigenvalue weighted by Gasteiger charge is -2.34. The first-order valence-electron chi connectivity index (χ1n) is 8.14. The number of amides is 1. The van der Waals surface area contributed by atoms with Gasteiger partial charge in [0.15, 0.2) is 0 Å². The molecule has 1 aromatic rings. The van der Waals surface area contributed by atoms with Gasteiger partial charge in [0.05, 0.1) is 6.04 Å². The summed E-state index contributed by atoms with van der Waals surface area (Å²) in [6, 6.07) is 5.79. The van der Waals surface area contributed by atoms with Gasteiger partial charge in [0, 0.05) is 4.90 Å². The van der Waals surface area contributed by atoms with Crippen LogP contribution in [0.1, 0.15) is 46.3 Å². The summed E-state index contributed by atoms with van der Waals surface area (Å²) in [6.07, 6.45) is -1.22. The maximum absolute atomic E-state index is 13.8. The van der Waals surface area contributed by atoms with Gasteiger partial charge in [0.1, 0.15) is 30.1 Å². The summed E-state index contributed by atoms with van der Waals surface area (Å²) >= 11 is 1.08. The van der Waals surface area contributed by atoms with Crippen molar-refractivity contribution in [3.05, 3.63) is 29.8 Å². The van der Waals surface area contributed by atoms with Crippen molar-refractivity contribution in [3.63, 3.8) is 0 Å². The highest BCUT2D eigenvalue weighted by atomic mass is 32.2. The molecule has 1 aromatic carbocycles. The third-order valence-corrected chi connectivity index (χ3v) is 4.57. The van der Waals surface area contributed by atoms with E-state index < -0.39 is 42.2 Å². The van der Waals surface area contributed by atoms with E-state index in [4.69, 9.17) is 9.47 Å². The molecule has 1 heterocycles. The van der Waals surface area contributed by atoms with Gasteiger partial charge in [-0.1, -0.05) is 23.9 Å². The molecule has 25 heavy (non-hydrogen) atoms. The maximum Gasteiger partial charge on any atom is 0.413 e. The lowest BCUT2D eigenvalue weighted by molar-refractivity contribution is -0.0797.